The van der Waals surface area contributed by atoms with Crippen molar-refractivity contribution in [1.29, 1.82) is 0 Å². The van der Waals surface area contributed by atoms with Crippen molar-refractivity contribution in [2.75, 3.05) is 32.7 Å². The Kier molecular flexibility index (Phi) is 16.1. The van der Waals surface area contributed by atoms with E-state index >= 15 is 0 Å². The van der Waals surface area contributed by atoms with Crippen molar-refractivity contribution in [3.8, 4) is 0 Å². The van der Waals surface area contributed by atoms with Gasteiger partial charge in [-0.15, -0.1) is 0 Å². The topological polar surface area (TPSA) is 64.9 Å². The molecular weight excluding hydrogens is 362 g/mol. The molecular formula is C24H47N3O2. The number of nitrogens with one attached hydrogen (secondary N) is 1. The fraction of sp³-hybridized carbons (Fsp3) is 0.917. The summed E-state index contributed by atoms with van der Waals surface area (Å²) in [6.45, 7) is 7.60. The standard InChI is InChI=1S/C24H47N3O2/c1-3-4-5-6-7-8-9-10-11-12-13-14-15-23(28)21-26-17-19-27-18-16-25-20-22(2)24(27)29/h20,22-23,26,28H,3-19,21H2,1-2H3. The molecule has 29 heavy (non-hydrogen) atoms. The number of hydrogen-bond donors (Lipinski definition) is 2. The molecule has 1 amide bonds. The Balaban J connectivity index is 1.87. The molecule has 0 spiro atoms. The van der Waals surface area contributed by atoms with Crippen LogP contribution >= 0.6 is 0 Å². The van der Waals surface area contributed by atoms with Gasteiger partial charge in [0.25, 0.3) is 0 Å². The molecule has 2 N–H and O–H groups in total. The van der Waals surface area contributed by atoms with Crippen LogP contribution in [0.1, 0.15) is 97.3 Å². The SMILES string of the molecule is CCCCCCCCCCCCCCC(O)CNCCN1CCN=CC(C)C1=O. The van der Waals surface area contributed by atoms with Gasteiger partial charge >= 0.3 is 0 Å². The van der Waals surface area contributed by atoms with E-state index in [1.54, 1.807) is 6.21 Å². The summed E-state index contributed by atoms with van der Waals surface area (Å²) in [4.78, 5) is 18.3. The maximum atomic E-state index is 12.2. The molecule has 1 aliphatic rings. The fourth-order valence-corrected chi connectivity index (χ4v) is 3.90. The normalized spacial score (nSPS) is 18.2. The molecule has 2 atom stereocenters. The van der Waals surface area contributed by atoms with Gasteiger partial charge < -0.3 is 15.3 Å². The number of unbranched alkanes of at least 4 members (excludes halogenated alkanes) is 11. The maximum absolute atomic E-state index is 12.2. The van der Waals surface area contributed by atoms with Crippen LogP contribution in [0.3, 0.4) is 0 Å². The second-order valence-electron chi connectivity index (χ2n) is 8.70. The Hall–Kier alpha value is -0.940. The van der Waals surface area contributed by atoms with Crippen molar-refractivity contribution in [2.45, 2.75) is 103 Å². The number of aliphatic hydroxyl groups excluding tert-OH is 1. The van der Waals surface area contributed by atoms with Gasteiger partial charge in [-0.25, -0.2) is 0 Å². The number of amides is 1. The van der Waals surface area contributed by atoms with Crippen LogP contribution in [0.25, 0.3) is 0 Å². The number of rotatable bonds is 18. The molecule has 0 radical (unpaired) electrons. The van der Waals surface area contributed by atoms with Crippen molar-refractivity contribution in [2.24, 2.45) is 10.9 Å². The molecule has 5 heteroatoms. The summed E-state index contributed by atoms with van der Waals surface area (Å²) in [7, 11) is 0. The number of hydrogen-bond acceptors (Lipinski definition) is 4. The second kappa shape index (κ2) is 17.9. The fourth-order valence-electron chi connectivity index (χ4n) is 3.90. The van der Waals surface area contributed by atoms with Crippen molar-refractivity contribution >= 4 is 12.1 Å². The third-order valence-corrected chi connectivity index (χ3v) is 5.86. The molecule has 1 rings (SSSR count). The molecule has 0 fully saturated rings. The van der Waals surface area contributed by atoms with Crippen molar-refractivity contribution in [3.05, 3.63) is 0 Å². The molecule has 0 saturated heterocycles. The van der Waals surface area contributed by atoms with Crippen LogP contribution in [-0.4, -0.2) is 61.0 Å². The van der Waals surface area contributed by atoms with Crippen LogP contribution in [0.4, 0.5) is 0 Å². The summed E-state index contributed by atoms with van der Waals surface area (Å²) < 4.78 is 0. The Morgan fingerprint density at radius 3 is 2.28 bits per heavy atom. The number of aliphatic hydroxyl groups is 1. The van der Waals surface area contributed by atoms with Gasteiger partial charge in [-0.3, -0.25) is 9.79 Å². The second-order valence-corrected chi connectivity index (χ2v) is 8.70. The summed E-state index contributed by atoms with van der Waals surface area (Å²) in [6.07, 6.45) is 18.5. The molecule has 0 aliphatic carbocycles. The highest BCUT2D eigenvalue weighted by Gasteiger charge is 2.20. The first-order chi connectivity index (χ1) is 14.1. The zero-order valence-electron chi connectivity index (χ0n) is 19.2. The largest absolute Gasteiger partial charge is 0.392 e. The van der Waals surface area contributed by atoms with Gasteiger partial charge in [0.1, 0.15) is 0 Å². The molecule has 0 aromatic rings. The lowest BCUT2D eigenvalue weighted by atomic mass is 10.0. The van der Waals surface area contributed by atoms with E-state index in [1.165, 1.54) is 70.6 Å². The summed E-state index contributed by atoms with van der Waals surface area (Å²) in [5.74, 6) is 0.0407. The average molecular weight is 410 g/mol. The van der Waals surface area contributed by atoms with Crippen molar-refractivity contribution in [3.63, 3.8) is 0 Å². The van der Waals surface area contributed by atoms with E-state index in [4.69, 9.17) is 0 Å². The Labute approximate surface area is 179 Å². The van der Waals surface area contributed by atoms with Gasteiger partial charge in [-0.1, -0.05) is 84.0 Å². The summed E-state index contributed by atoms with van der Waals surface area (Å²) in [6, 6.07) is 0. The highest BCUT2D eigenvalue weighted by Crippen LogP contribution is 2.13. The van der Waals surface area contributed by atoms with E-state index in [2.05, 4.69) is 17.2 Å². The molecule has 0 saturated carbocycles. The minimum atomic E-state index is -0.278. The first kappa shape index (κ1) is 26.1. The molecule has 170 valence electrons. The molecule has 1 aliphatic heterocycles. The van der Waals surface area contributed by atoms with Crippen molar-refractivity contribution < 1.29 is 9.90 Å². The predicted octanol–water partition coefficient (Wildman–Crippen LogP) is 4.58. The van der Waals surface area contributed by atoms with Crippen LogP contribution in [0.5, 0.6) is 0 Å². The van der Waals surface area contributed by atoms with E-state index in [-0.39, 0.29) is 17.9 Å². The van der Waals surface area contributed by atoms with Gasteiger partial charge in [0.05, 0.1) is 18.6 Å². The summed E-state index contributed by atoms with van der Waals surface area (Å²) in [5, 5.41) is 13.4. The van der Waals surface area contributed by atoms with Gasteiger partial charge in [-0.05, 0) is 13.3 Å². The van der Waals surface area contributed by atoms with E-state index in [0.29, 0.717) is 26.2 Å². The van der Waals surface area contributed by atoms with Crippen LogP contribution in [-0.2, 0) is 4.79 Å². The molecule has 0 bridgehead atoms. The van der Waals surface area contributed by atoms with Gasteiger partial charge in [-0.2, -0.15) is 0 Å². The van der Waals surface area contributed by atoms with Crippen LogP contribution in [0, 0.1) is 5.92 Å². The summed E-state index contributed by atoms with van der Waals surface area (Å²) >= 11 is 0. The maximum Gasteiger partial charge on any atom is 0.230 e. The van der Waals surface area contributed by atoms with Gasteiger partial charge in [0.2, 0.25) is 5.91 Å². The molecule has 0 aromatic carbocycles. The third-order valence-electron chi connectivity index (χ3n) is 5.86. The predicted molar refractivity (Wildman–Crippen MR) is 124 cm³/mol. The molecule has 2 unspecified atom stereocenters. The third kappa shape index (κ3) is 13.8. The Morgan fingerprint density at radius 1 is 1.07 bits per heavy atom. The van der Waals surface area contributed by atoms with Gasteiger partial charge in [0.15, 0.2) is 0 Å². The Bertz CT molecular complexity index is 428. The number of aliphatic imine (C=N–C) groups is 1. The highest BCUT2D eigenvalue weighted by atomic mass is 16.3. The lowest BCUT2D eigenvalue weighted by Gasteiger charge is -2.22. The Morgan fingerprint density at radius 2 is 1.66 bits per heavy atom. The van der Waals surface area contributed by atoms with E-state index in [1.807, 2.05) is 11.8 Å². The molecule has 1 heterocycles. The number of carbonyl (C=O) groups is 1. The lowest BCUT2D eigenvalue weighted by Crippen LogP contribution is -2.41. The van der Waals surface area contributed by atoms with E-state index < -0.39 is 0 Å². The minimum Gasteiger partial charge on any atom is -0.392 e. The smallest absolute Gasteiger partial charge is 0.230 e. The van der Waals surface area contributed by atoms with Crippen LogP contribution in [0.15, 0.2) is 4.99 Å². The average Bonchev–Trinajstić information content (AvgIpc) is 2.87. The number of nitrogens with zero attached hydrogens (tertiary/aromatic N) is 2. The minimum absolute atomic E-state index is 0.117. The zero-order chi connectivity index (χ0) is 21.2. The zero-order valence-corrected chi connectivity index (χ0v) is 19.2. The molecule has 5 nitrogen and oxygen atoms in total. The van der Waals surface area contributed by atoms with Crippen LogP contribution < -0.4 is 5.32 Å². The first-order valence-corrected chi connectivity index (χ1v) is 12.3. The quantitative estimate of drug-likeness (QED) is 0.326. The monoisotopic (exact) mass is 409 g/mol. The summed E-state index contributed by atoms with van der Waals surface area (Å²) in [5.41, 5.74) is 0. The number of carbonyl (C=O) groups excluding carboxylic acids is 1. The van der Waals surface area contributed by atoms with Gasteiger partial charge in [0, 0.05) is 32.4 Å². The first-order valence-electron chi connectivity index (χ1n) is 12.3. The molecule has 0 aromatic heterocycles. The lowest BCUT2D eigenvalue weighted by molar-refractivity contribution is -0.132. The van der Waals surface area contributed by atoms with E-state index in [9.17, 15) is 9.90 Å². The van der Waals surface area contributed by atoms with Crippen LogP contribution in [0.2, 0.25) is 0 Å². The highest BCUT2D eigenvalue weighted by molar-refractivity contribution is 5.93. The van der Waals surface area contributed by atoms with Crippen molar-refractivity contribution in [1.82, 2.24) is 10.2 Å². The van der Waals surface area contributed by atoms with E-state index in [0.717, 1.165) is 19.4 Å².